The Balaban J connectivity index is 1.90. The van der Waals surface area contributed by atoms with E-state index in [1.807, 2.05) is 0 Å². The summed E-state index contributed by atoms with van der Waals surface area (Å²) in [7, 11) is 0. The van der Waals surface area contributed by atoms with Gasteiger partial charge in [0.2, 0.25) is 0 Å². The molecule has 12 heavy (non-hydrogen) atoms. The maximum absolute atomic E-state index is 5.57. The van der Waals surface area contributed by atoms with Gasteiger partial charge in [-0.15, -0.1) is 0 Å². The molecule has 0 N–H and O–H groups in total. The molecule has 3 aliphatic rings. The first-order valence-corrected chi connectivity index (χ1v) is 4.42. The van der Waals surface area contributed by atoms with Gasteiger partial charge in [-0.05, 0) is 12.0 Å². The highest BCUT2D eigenvalue weighted by Gasteiger charge is 2.52. The molecule has 0 aromatic carbocycles. The number of hydrogen-bond acceptors (Lipinski definition) is 3. The molecule has 0 bridgehead atoms. The van der Waals surface area contributed by atoms with Crippen molar-refractivity contribution in [3.8, 4) is 0 Å². The second kappa shape index (κ2) is 2.31. The van der Waals surface area contributed by atoms with E-state index in [-0.39, 0.29) is 12.6 Å². The van der Waals surface area contributed by atoms with E-state index in [9.17, 15) is 0 Å². The topological polar surface area (TPSA) is 27.7 Å². The van der Waals surface area contributed by atoms with E-state index >= 15 is 0 Å². The van der Waals surface area contributed by atoms with Crippen molar-refractivity contribution in [3.05, 3.63) is 12.2 Å². The van der Waals surface area contributed by atoms with E-state index in [4.69, 9.17) is 14.2 Å². The van der Waals surface area contributed by atoms with Gasteiger partial charge < -0.3 is 14.2 Å². The lowest BCUT2D eigenvalue weighted by Crippen LogP contribution is -2.16. The van der Waals surface area contributed by atoms with Crippen LogP contribution in [0, 0.1) is 11.8 Å². The second-order valence-electron chi connectivity index (χ2n) is 3.69. The zero-order chi connectivity index (χ0) is 8.13. The van der Waals surface area contributed by atoms with Crippen molar-refractivity contribution in [2.24, 2.45) is 11.8 Å². The molecule has 0 aromatic heterocycles. The number of rotatable bonds is 0. The molecule has 66 valence electrons. The average Bonchev–Trinajstić information content (AvgIpc) is 2.61. The zero-order valence-electron chi connectivity index (χ0n) is 6.86. The first-order valence-electron chi connectivity index (χ1n) is 4.42. The SMILES string of the molecule is C=C1CO[C@H]2O[C@H]3OCC[C@H]3[C@@H]12. The molecule has 3 nitrogen and oxygen atoms in total. The average molecular weight is 168 g/mol. The summed E-state index contributed by atoms with van der Waals surface area (Å²) < 4.78 is 16.4. The van der Waals surface area contributed by atoms with Crippen molar-refractivity contribution in [3.63, 3.8) is 0 Å². The van der Waals surface area contributed by atoms with Gasteiger partial charge in [0.15, 0.2) is 12.6 Å². The van der Waals surface area contributed by atoms with Crippen LogP contribution in [-0.4, -0.2) is 25.8 Å². The van der Waals surface area contributed by atoms with Gasteiger partial charge in [-0.25, -0.2) is 0 Å². The van der Waals surface area contributed by atoms with Crippen molar-refractivity contribution in [1.82, 2.24) is 0 Å². The van der Waals surface area contributed by atoms with Crippen LogP contribution >= 0.6 is 0 Å². The molecule has 0 unspecified atom stereocenters. The predicted octanol–water partition coefficient (Wildman–Crippen LogP) is 0.908. The minimum absolute atomic E-state index is 0.0166. The van der Waals surface area contributed by atoms with Gasteiger partial charge in [0, 0.05) is 11.8 Å². The fraction of sp³-hybridized carbons (Fsp3) is 0.778. The summed E-state index contributed by atoms with van der Waals surface area (Å²) in [6.07, 6.45) is 1.01. The minimum Gasteiger partial charge on any atom is -0.352 e. The number of ether oxygens (including phenoxy) is 3. The van der Waals surface area contributed by atoms with Crippen LogP contribution in [0.3, 0.4) is 0 Å². The Morgan fingerprint density at radius 2 is 2.17 bits per heavy atom. The standard InChI is InChI=1S/C9H12O3/c1-5-4-11-9-7(5)6-2-3-10-8(6)12-9/h6-9H,1-4H2/t6-,7+,8+,9-/m0/s1. The van der Waals surface area contributed by atoms with E-state index in [2.05, 4.69) is 6.58 Å². The summed E-state index contributed by atoms with van der Waals surface area (Å²) in [5.74, 6) is 0.905. The van der Waals surface area contributed by atoms with Gasteiger partial charge >= 0.3 is 0 Å². The maximum atomic E-state index is 5.57. The molecule has 3 saturated heterocycles. The molecule has 3 rings (SSSR count). The normalized spacial score (nSPS) is 51.2. The van der Waals surface area contributed by atoms with Crippen molar-refractivity contribution < 1.29 is 14.2 Å². The highest BCUT2D eigenvalue weighted by atomic mass is 16.8. The summed E-state index contributed by atoms with van der Waals surface area (Å²) in [5.41, 5.74) is 1.18. The summed E-state index contributed by atoms with van der Waals surface area (Å²) in [6, 6.07) is 0. The van der Waals surface area contributed by atoms with Crippen LogP contribution in [0.4, 0.5) is 0 Å². The van der Waals surface area contributed by atoms with Crippen LogP contribution in [0.25, 0.3) is 0 Å². The van der Waals surface area contributed by atoms with Crippen LogP contribution in [0.15, 0.2) is 12.2 Å². The predicted molar refractivity (Wildman–Crippen MR) is 41.3 cm³/mol. The van der Waals surface area contributed by atoms with Gasteiger partial charge in [-0.2, -0.15) is 0 Å². The lowest BCUT2D eigenvalue weighted by molar-refractivity contribution is -0.188. The smallest absolute Gasteiger partial charge is 0.168 e. The van der Waals surface area contributed by atoms with E-state index < -0.39 is 0 Å². The van der Waals surface area contributed by atoms with Crippen molar-refractivity contribution in [1.29, 1.82) is 0 Å². The number of fused-ring (bicyclic) bond motifs is 3. The Labute approximate surface area is 71.3 Å². The van der Waals surface area contributed by atoms with Crippen LogP contribution in [-0.2, 0) is 14.2 Å². The molecule has 3 aliphatic heterocycles. The molecule has 0 spiro atoms. The first kappa shape index (κ1) is 7.06. The van der Waals surface area contributed by atoms with E-state index in [1.165, 1.54) is 5.57 Å². The number of hydrogen-bond donors (Lipinski definition) is 0. The monoisotopic (exact) mass is 168 g/mol. The third-order valence-corrected chi connectivity index (χ3v) is 3.01. The highest BCUT2D eigenvalue weighted by Crippen LogP contribution is 2.46. The van der Waals surface area contributed by atoms with E-state index in [1.54, 1.807) is 0 Å². The third kappa shape index (κ3) is 0.762. The Morgan fingerprint density at radius 1 is 1.25 bits per heavy atom. The van der Waals surface area contributed by atoms with Gasteiger partial charge in [0.05, 0.1) is 13.2 Å². The van der Waals surface area contributed by atoms with Crippen LogP contribution < -0.4 is 0 Å². The molecular formula is C9H12O3. The molecule has 0 amide bonds. The molecule has 0 aromatic rings. The van der Waals surface area contributed by atoms with Crippen molar-refractivity contribution in [2.45, 2.75) is 19.0 Å². The lowest BCUT2D eigenvalue weighted by atomic mass is 9.88. The fourth-order valence-electron chi connectivity index (χ4n) is 2.41. The van der Waals surface area contributed by atoms with Gasteiger partial charge in [0.1, 0.15) is 0 Å². The molecule has 0 radical (unpaired) electrons. The highest BCUT2D eigenvalue weighted by molar-refractivity contribution is 5.12. The van der Waals surface area contributed by atoms with Crippen LogP contribution in [0.1, 0.15) is 6.42 Å². The van der Waals surface area contributed by atoms with Crippen molar-refractivity contribution >= 4 is 0 Å². The minimum atomic E-state index is -0.0622. The van der Waals surface area contributed by atoms with E-state index in [0.29, 0.717) is 18.4 Å². The Morgan fingerprint density at radius 3 is 3.08 bits per heavy atom. The second-order valence-corrected chi connectivity index (χ2v) is 3.69. The summed E-state index contributed by atoms with van der Waals surface area (Å²) >= 11 is 0. The molecule has 4 atom stereocenters. The molecular weight excluding hydrogens is 156 g/mol. The van der Waals surface area contributed by atoms with E-state index in [0.717, 1.165) is 13.0 Å². The van der Waals surface area contributed by atoms with Crippen molar-refractivity contribution in [2.75, 3.05) is 13.2 Å². The summed E-state index contributed by atoms with van der Waals surface area (Å²) in [4.78, 5) is 0. The third-order valence-electron chi connectivity index (χ3n) is 3.01. The maximum Gasteiger partial charge on any atom is 0.168 e. The fourth-order valence-corrected chi connectivity index (χ4v) is 2.41. The summed E-state index contributed by atoms with van der Waals surface area (Å²) in [5, 5.41) is 0. The Bertz CT molecular complexity index is 226. The first-order chi connectivity index (χ1) is 5.86. The molecule has 3 heteroatoms. The molecule has 3 fully saturated rings. The molecule has 3 heterocycles. The van der Waals surface area contributed by atoms with Gasteiger partial charge in [-0.1, -0.05) is 6.58 Å². The largest absolute Gasteiger partial charge is 0.352 e. The zero-order valence-corrected chi connectivity index (χ0v) is 6.86. The van der Waals surface area contributed by atoms with Crippen LogP contribution in [0.5, 0.6) is 0 Å². The van der Waals surface area contributed by atoms with Gasteiger partial charge in [0.25, 0.3) is 0 Å². The Kier molecular flexibility index (Phi) is 1.36. The summed E-state index contributed by atoms with van der Waals surface area (Å²) in [6.45, 7) is 5.49. The lowest BCUT2D eigenvalue weighted by Gasteiger charge is -2.11. The molecule has 0 aliphatic carbocycles. The molecule has 0 saturated carbocycles. The Hall–Kier alpha value is -0.380. The van der Waals surface area contributed by atoms with Gasteiger partial charge in [-0.3, -0.25) is 0 Å². The van der Waals surface area contributed by atoms with Crippen LogP contribution in [0.2, 0.25) is 0 Å². The quantitative estimate of drug-likeness (QED) is 0.503.